The Bertz CT molecular complexity index is 434. The largest absolute Gasteiger partial charge is 0.352 e. The molecule has 1 saturated heterocycles. The van der Waals surface area contributed by atoms with Crippen LogP contribution in [0.15, 0.2) is 12.3 Å². The van der Waals surface area contributed by atoms with Crippen molar-refractivity contribution < 1.29 is 4.39 Å². The summed E-state index contributed by atoms with van der Waals surface area (Å²) in [5.41, 5.74) is 6.23. The molecule has 1 aliphatic heterocycles. The molecular weight excluding hydrogens is 243 g/mol. The fourth-order valence-electron chi connectivity index (χ4n) is 2.44. The number of nitrogens with two attached hydrogens (primary N) is 1. The van der Waals surface area contributed by atoms with E-state index in [1.54, 1.807) is 12.3 Å². The van der Waals surface area contributed by atoms with Crippen LogP contribution in [0.5, 0.6) is 0 Å². The summed E-state index contributed by atoms with van der Waals surface area (Å²) in [4.78, 5) is 8.60. The van der Waals surface area contributed by atoms with Crippen LogP contribution in [0.2, 0.25) is 0 Å². The van der Waals surface area contributed by atoms with Gasteiger partial charge in [-0.15, -0.1) is 0 Å². The lowest BCUT2D eigenvalue weighted by molar-refractivity contribution is 0.128. The zero-order valence-corrected chi connectivity index (χ0v) is 12.0. The van der Waals surface area contributed by atoms with E-state index in [1.807, 2.05) is 4.90 Å². The minimum absolute atomic E-state index is 0.164. The molecule has 1 aromatic rings. The maximum atomic E-state index is 14.2. The molecule has 5 heteroatoms. The van der Waals surface area contributed by atoms with Crippen molar-refractivity contribution in [2.45, 2.75) is 32.9 Å². The molecule has 1 aliphatic rings. The summed E-state index contributed by atoms with van der Waals surface area (Å²) in [5.74, 6) is 0.172. The molecule has 0 amide bonds. The monoisotopic (exact) mass is 266 g/mol. The molecule has 0 bridgehead atoms. The molecular formula is C14H23FN4. The van der Waals surface area contributed by atoms with Gasteiger partial charge in [-0.2, -0.15) is 0 Å². The number of anilines is 1. The maximum Gasteiger partial charge on any atom is 0.170 e. The summed E-state index contributed by atoms with van der Waals surface area (Å²) in [6, 6.07) is 1.64. The van der Waals surface area contributed by atoms with Gasteiger partial charge < -0.3 is 10.6 Å². The van der Waals surface area contributed by atoms with E-state index in [0.717, 1.165) is 26.2 Å². The number of pyridine rings is 1. The Morgan fingerprint density at radius 3 is 2.42 bits per heavy atom. The Morgan fingerprint density at radius 2 is 1.89 bits per heavy atom. The molecule has 0 saturated carbocycles. The zero-order chi connectivity index (χ0) is 14.0. The maximum absolute atomic E-state index is 14.2. The van der Waals surface area contributed by atoms with Crippen molar-refractivity contribution in [1.29, 1.82) is 0 Å². The number of piperazine rings is 1. The van der Waals surface area contributed by atoms with Crippen LogP contribution >= 0.6 is 0 Å². The number of halogens is 1. The lowest BCUT2D eigenvalue weighted by Crippen LogP contribution is -2.53. The third kappa shape index (κ3) is 3.04. The molecule has 2 N–H and O–H groups in total. The molecule has 0 atom stereocenters. The second-order valence-corrected chi connectivity index (χ2v) is 5.96. The zero-order valence-electron chi connectivity index (χ0n) is 12.0. The molecule has 0 unspecified atom stereocenters. The van der Waals surface area contributed by atoms with Crippen molar-refractivity contribution >= 4 is 5.82 Å². The van der Waals surface area contributed by atoms with Gasteiger partial charge >= 0.3 is 0 Å². The van der Waals surface area contributed by atoms with Gasteiger partial charge in [0.25, 0.3) is 0 Å². The van der Waals surface area contributed by atoms with Crippen LogP contribution in [0.25, 0.3) is 0 Å². The Kier molecular flexibility index (Phi) is 4.06. The fourth-order valence-corrected chi connectivity index (χ4v) is 2.44. The van der Waals surface area contributed by atoms with Gasteiger partial charge in [-0.25, -0.2) is 9.37 Å². The number of rotatable bonds is 2. The van der Waals surface area contributed by atoms with Gasteiger partial charge in [0.15, 0.2) is 11.6 Å². The highest BCUT2D eigenvalue weighted by molar-refractivity contribution is 5.43. The Morgan fingerprint density at radius 1 is 1.26 bits per heavy atom. The van der Waals surface area contributed by atoms with Crippen LogP contribution in [0.3, 0.4) is 0 Å². The predicted octanol–water partition coefficient (Wildman–Crippen LogP) is 1.60. The van der Waals surface area contributed by atoms with Crippen LogP contribution in [0.1, 0.15) is 26.3 Å². The molecule has 0 aromatic carbocycles. The highest BCUT2D eigenvalue weighted by atomic mass is 19.1. The van der Waals surface area contributed by atoms with E-state index in [0.29, 0.717) is 11.4 Å². The Labute approximate surface area is 114 Å². The summed E-state index contributed by atoms with van der Waals surface area (Å²) in [7, 11) is 0. The van der Waals surface area contributed by atoms with Crippen molar-refractivity contribution in [1.82, 2.24) is 9.88 Å². The SMILES string of the molecule is CC(C)(C)N1CCN(c2nccc(CN)c2F)CC1. The van der Waals surface area contributed by atoms with Crippen molar-refractivity contribution in [3.05, 3.63) is 23.6 Å². The van der Waals surface area contributed by atoms with Crippen molar-refractivity contribution in [3.63, 3.8) is 0 Å². The van der Waals surface area contributed by atoms with Gasteiger partial charge in [-0.1, -0.05) is 0 Å². The molecule has 1 aromatic heterocycles. The number of nitrogens with zero attached hydrogens (tertiary/aromatic N) is 3. The lowest BCUT2D eigenvalue weighted by atomic mass is 10.0. The van der Waals surface area contributed by atoms with Gasteiger partial charge in [-0.05, 0) is 26.8 Å². The van der Waals surface area contributed by atoms with Crippen molar-refractivity contribution in [2.24, 2.45) is 5.73 Å². The van der Waals surface area contributed by atoms with Gasteiger partial charge in [-0.3, -0.25) is 4.90 Å². The predicted molar refractivity (Wildman–Crippen MR) is 75.6 cm³/mol. The van der Waals surface area contributed by atoms with E-state index in [1.165, 1.54) is 0 Å². The third-order valence-corrected chi connectivity index (χ3v) is 3.70. The molecule has 4 nitrogen and oxygen atoms in total. The lowest BCUT2D eigenvalue weighted by Gasteiger charge is -2.42. The van der Waals surface area contributed by atoms with Crippen LogP contribution in [0.4, 0.5) is 10.2 Å². The minimum Gasteiger partial charge on any atom is -0.352 e. The van der Waals surface area contributed by atoms with E-state index in [2.05, 4.69) is 30.7 Å². The van der Waals surface area contributed by atoms with Crippen molar-refractivity contribution in [3.8, 4) is 0 Å². The highest BCUT2D eigenvalue weighted by Crippen LogP contribution is 2.23. The number of hydrogen-bond donors (Lipinski definition) is 1. The van der Waals surface area contributed by atoms with E-state index in [-0.39, 0.29) is 17.9 Å². The quantitative estimate of drug-likeness (QED) is 0.883. The molecule has 106 valence electrons. The Balaban J connectivity index is 2.10. The first-order chi connectivity index (χ1) is 8.93. The summed E-state index contributed by atoms with van der Waals surface area (Å²) in [6.45, 7) is 10.3. The topological polar surface area (TPSA) is 45.4 Å². The van der Waals surface area contributed by atoms with Crippen LogP contribution in [-0.2, 0) is 6.54 Å². The number of aromatic nitrogens is 1. The molecule has 2 heterocycles. The average molecular weight is 266 g/mol. The standard InChI is InChI=1S/C14H23FN4/c1-14(2,3)19-8-6-18(7-9-19)13-12(15)11(10-16)4-5-17-13/h4-5H,6-10,16H2,1-3H3. The normalized spacial score (nSPS) is 17.8. The number of hydrogen-bond acceptors (Lipinski definition) is 4. The second-order valence-electron chi connectivity index (χ2n) is 5.96. The van der Waals surface area contributed by atoms with Crippen LogP contribution in [0, 0.1) is 5.82 Å². The smallest absolute Gasteiger partial charge is 0.170 e. The molecule has 0 spiro atoms. The minimum atomic E-state index is -0.269. The summed E-state index contributed by atoms with van der Waals surface area (Å²) < 4.78 is 14.2. The van der Waals surface area contributed by atoms with E-state index in [9.17, 15) is 4.39 Å². The second kappa shape index (κ2) is 5.43. The summed E-state index contributed by atoms with van der Waals surface area (Å²) in [6.07, 6.45) is 1.64. The van der Waals surface area contributed by atoms with E-state index >= 15 is 0 Å². The van der Waals surface area contributed by atoms with Gasteiger partial charge in [0.05, 0.1) is 0 Å². The fraction of sp³-hybridized carbons (Fsp3) is 0.643. The Hall–Kier alpha value is -1.20. The summed E-state index contributed by atoms with van der Waals surface area (Å²) in [5, 5.41) is 0. The van der Waals surface area contributed by atoms with Crippen molar-refractivity contribution in [2.75, 3.05) is 31.1 Å². The van der Waals surface area contributed by atoms with Crippen LogP contribution < -0.4 is 10.6 Å². The molecule has 0 radical (unpaired) electrons. The molecule has 0 aliphatic carbocycles. The molecule has 19 heavy (non-hydrogen) atoms. The first-order valence-electron chi connectivity index (χ1n) is 6.77. The average Bonchev–Trinajstić information content (AvgIpc) is 2.38. The van der Waals surface area contributed by atoms with E-state index < -0.39 is 0 Å². The van der Waals surface area contributed by atoms with Gasteiger partial charge in [0, 0.05) is 50.0 Å². The molecule has 1 fully saturated rings. The van der Waals surface area contributed by atoms with E-state index in [4.69, 9.17) is 5.73 Å². The summed E-state index contributed by atoms with van der Waals surface area (Å²) >= 11 is 0. The van der Waals surface area contributed by atoms with Gasteiger partial charge in [0.1, 0.15) is 0 Å². The van der Waals surface area contributed by atoms with Gasteiger partial charge in [0.2, 0.25) is 0 Å². The van der Waals surface area contributed by atoms with Crippen LogP contribution in [-0.4, -0.2) is 41.6 Å². The first-order valence-corrected chi connectivity index (χ1v) is 6.77. The third-order valence-electron chi connectivity index (χ3n) is 3.70. The highest BCUT2D eigenvalue weighted by Gasteiger charge is 2.27. The first kappa shape index (κ1) is 14.2. The molecule has 2 rings (SSSR count).